The van der Waals surface area contributed by atoms with Crippen LogP contribution in [0.5, 0.6) is 0 Å². The molecule has 8 heteroatoms. The Hall–Kier alpha value is -1.34. The molecule has 0 atom stereocenters. The normalized spacial score (nSPS) is 16.8. The Morgan fingerprint density at radius 2 is 1.72 bits per heavy atom. The van der Waals surface area contributed by atoms with E-state index in [9.17, 15) is 27.2 Å². The molecule has 0 aromatic rings. The largest absolute Gasteiger partial charge is 0.383 e. The lowest BCUT2D eigenvalue weighted by atomic mass is 10.1. The molecule has 1 fully saturated rings. The molecule has 1 rings (SSSR count). The van der Waals surface area contributed by atoms with Crippen molar-refractivity contribution < 1.29 is 27.2 Å². The average molecular weight is 270 g/mol. The van der Waals surface area contributed by atoms with Crippen molar-refractivity contribution in [3.8, 4) is 0 Å². The van der Waals surface area contributed by atoms with E-state index in [-0.39, 0.29) is 0 Å². The number of carbonyl (C=O) groups excluding carboxylic acids is 2. The van der Waals surface area contributed by atoms with Crippen molar-refractivity contribution in [3.63, 3.8) is 0 Å². The summed E-state index contributed by atoms with van der Waals surface area (Å²) >= 11 is 0. The Morgan fingerprint density at radius 3 is 2.22 bits per heavy atom. The first-order valence-corrected chi connectivity index (χ1v) is 5.57. The molecule has 0 aliphatic carbocycles. The van der Waals surface area contributed by atoms with Crippen LogP contribution in [0.4, 0.5) is 17.6 Å². The number of carbonyl (C=O) groups is 2. The number of nitrogens with one attached hydrogen (secondary N) is 1. The maximum Gasteiger partial charge on any atom is 0.383 e. The predicted octanol–water partition coefficient (Wildman–Crippen LogP) is 1.02. The van der Waals surface area contributed by atoms with E-state index in [1.807, 2.05) is 0 Å². The molecule has 2 amide bonds. The van der Waals surface area contributed by atoms with Gasteiger partial charge in [0.2, 0.25) is 5.91 Å². The number of nitrogens with zero attached hydrogens (tertiary/aromatic N) is 1. The van der Waals surface area contributed by atoms with Crippen molar-refractivity contribution in [2.75, 3.05) is 19.6 Å². The van der Waals surface area contributed by atoms with Crippen LogP contribution < -0.4 is 5.32 Å². The minimum Gasteiger partial charge on any atom is -0.342 e. The van der Waals surface area contributed by atoms with Gasteiger partial charge in [-0.1, -0.05) is 0 Å². The molecule has 0 bridgehead atoms. The number of likely N-dealkylation sites (tertiary alicyclic amines) is 1. The second-order valence-corrected chi connectivity index (χ2v) is 4.05. The zero-order valence-electron chi connectivity index (χ0n) is 9.60. The molecule has 0 saturated carbocycles. The summed E-state index contributed by atoms with van der Waals surface area (Å²) in [5, 5.41) is 1.54. The van der Waals surface area contributed by atoms with Gasteiger partial charge in [0.1, 0.15) is 0 Å². The van der Waals surface area contributed by atoms with E-state index in [0.29, 0.717) is 13.1 Å². The Balaban J connectivity index is 2.40. The lowest BCUT2D eigenvalue weighted by Crippen LogP contribution is -2.49. The van der Waals surface area contributed by atoms with Crippen molar-refractivity contribution in [2.45, 2.75) is 31.6 Å². The van der Waals surface area contributed by atoms with E-state index < -0.39 is 30.7 Å². The van der Waals surface area contributed by atoms with E-state index in [2.05, 4.69) is 0 Å². The maximum atomic E-state index is 12.5. The topological polar surface area (TPSA) is 49.4 Å². The molecule has 104 valence electrons. The molecular formula is C10H14F4N2O2. The lowest BCUT2D eigenvalue weighted by Gasteiger charge is -2.27. The number of hydrogen-bond acceptors (Lipinski definition) is 2. The van der Waals surface area contributed by atoms with Crippen LogP contribution in [0.1, 0.15) is 19.3 Å². The highest BCUT2D eigenvalue weighted by molar-refractivity contribution is 5.88. The molecule has 1 N–H and O–H groups in total. The third-order valence-electron chi connectivity index (χ3n) is 2.69. The molecule has 1 saturated heterocycles. The fourth-order valence-corrected chi connectivity index (χ4v) is 1.63. The first kappa shape index (κ1) is 14.7. The lowest BCUT2D eigenvalue weighted by molar-refractivity contribution is -0.170. The average Bonchev–Trinajstić information content (AvgIpc) is 2.36. The van der Waals surface area contributed by atoms with Crippen LogP contribution >= 0.6 is 0 Å². The SMILES string of the molecule is O=C(CNC(=O)C(F)(F)C(F)F)N1CCCCC1. The summed E-state index contributed by atoms with van der Waals surface area (Å²) in [5.74, 6) is -7.42. The first-order valence-electron chi connectivity index (χ1n) is 5.57. The van der Waals surface area contributed by atoms with Crippen LogP contribution in [0, 0.1) is 0 Å². The molecule has 0 spiro atoms. The van der Waals surface area contributed by atoms with Gasteiger partial charge in [0.15, 0.2) is 0 Å². The summed E-state index contributed by atoms with van der Waals surface area (Å²) < 4.78 is 48.8. The summed E-state index contributed by atoms with van der Waals surface area (Å²) in [5.41, 5.74) is 0. The summed E-state index contributed by atoms with van der Waals surface area (Å²) in [6, 6.07) is 0. The number of alkyl halides is 4. The third kappa shape index (κ3) is 3.58. The summed E-state index contributed by atoms with van der Waals surface area (Å²) in [6.07, 6.45) is -1.47. The van der Waals surface area contributed by atoms with Gasteiger partial charge in [0.05, 0.1) is 6.54 Å². The van der Waals surface area contributed by atoms with E-state index >= 15 is 0 Å². The van der Waals surface area contributed by atoms with Crippen LogP contribution in [0.15, 0.2) is 0 Å². The minimum absolute atomic E-state index is 0.500. The Bertz CT molecular complexity index is 317. The molecule has 4 nitrogen and oxygen atoms in total. The van der Waals surface area contributed by atoms with Gasteiger partial charge in [-0.3, -0.25) is 9.59 Å². The fraction of sp³-hybridized carbons (Fsp3) is 0.800. The number of rotatable bonds is 4. The van der Waals surface area contributed by atoms with Crippen molar-refractivity contribution in [1.82, 2.24) is 10.2 Å². The van der Waals surface area contributed by atoms with Crippen molar-refractivity contribution in [2.24, 2.45) is 0 Å². The third-order valence-corrected chi connectivity index (χ3v) is 2.69. The second-order valence-electron chi connectivity index (χ2n) is 4.05. The van der Waals surface area contributed by atoms with Crippen molar-refractivity contribution in [3.05, 3.63) is 0 Å². The molecule has 18 heavy (non-hydrogen) atoms. The fourth-order valence-electron chi connectivity index (χ4n) is 1.63. The first-order chi connectivity index (χ1) is 8.35. The van der Waals surface area contributed by atoms with Gasteiger partial charge < -0.3 is 10.2 Å². The van der Waals surface area contributed by atoms with Crippen LogP contribution in [0.3, 0.4) is 0 Å². The molecule has 0 aromatic heterocycles. The molecule has 1 heterocycles. The maximum absolute atomic E-state index is 12.5. The highest BCUT2D eigenvalue weighted by atomic mass is 19.3. The van der Waals surface area contributed by atoms with E-state index in [1.165, 1.54) is 4.90 Å². The highest BCUT2D eigenvalue weighted by Gasteiger charge is 2.48. The molecule has 0 aromatic carbocycles. The number of amides is 2. The van der Waals surface area contributed by atoms with Crippen molar-refractivity contribution in [1.29, 1.82) is 0 Å². The van der Waals surface area contributed by atoms with Crippen LogP contribution in [0.2, 0.25) is 0 Å². The molecule has 1 aliphatic rings. The summed E-state index contributed by atoms with van der Waals surface area (Å²) in [4.78, 5) is 23.7. The molecular weight excluding hydrogens is 256 g/mol. The molecule has 0 radical (unpaired) electrons. The van der Waals surface area contributed by atoms with Gasteiger partial charge in [-0.25, -0.2) is 8.78 Å². The van der Waals surface area contributed by atoms with Crippen molar-refractivity contribution >= 4 is 11.8 Å². The van der Waals surface area contributed by atoms with Gasteiger partial charge in [-0.05, 0) is 19.3 Å². The van der Waals surface area contributed by atoms with Crippen LogP contribution in [0.25, 0.3) is 0 Å². The van der Waals surface area contributed by atoms with Gasteiger partial charge >= 0.3 is 12.3 Å². The molecule has 1 aliphatic heterocycles. The quantitative estimate of drug-likeness (QED) is 0.775. The van der Waals surface area contributed by atoms with E-state index in [1.54, 1.807) is 5.32 Å². The smallest absolute Gasteiger partial charge is 0.342 e. The monoisotopic (exact) mass is 270 g/mol. The van der Waals surface area contributed by atoms with Gasteiger partial charge in [-0.15, -0.1) is 0 Å². The summed E-state index contributed by atoms with van der Waals surface area (Å²) in [7, 11) is 0. The Kier molecular flexibility index (Phi) is 4.92. The van der Waals surface area contributed by atoms with Gasteiger partial charge in [0, 0.05) is 13.1 Å². The van der Waals surface area contributed by atoms with Crippen LogP contribution in [-0.4, -0.2) is 48.7 Å². The number of hydrogen-bond donors (Lipinski definition) is 1. The predicted molar refractivity (Wildman–Crippen MR) is 54.4 cm³/mol. The zero-order valence-corrected chi connectivity index (χ0v) is 9.60. The Labute approximate surface area is 101 Å². The van der Waals surface area contributed by atoms with Crippen LogP contribution in [-0.2, 0) is 9.59 Å². The summed E-state index contributed by atoms with van der Waals surface area (Å²) in [6.45, 7) is 0.320. The Morgan fingerprint density at radius 1 is 1.17 bits per heavy atom. The highest BCUT2D eigenvalue weighted by Crippen LogP contribution is 2.22. The minimum atomic E-state index is -4.76. The number of halogens is 4. The second kappa shape index (κ2) is 6.01. The zero-order chi connectivity index (χ0) is 13.8. The van der Waals surface area contributed by atoms with E-state index in [4.69, 9.17) is 0 Å². The standard InChI is InChI=1S/C10H14F4N2O2/c11-8(12)10(13,14)9(18)15-6-7(17)16-4-2-1-3-5-16/h8H,1-6H2,(H,15,18). The number of piperidine rings is 1. The van der Waals surface area contributed by atoms with Gasteiger partial charge in [-0.2, -0.15) is 8.78 Å². The molecule has 0 unspecified atom stereocenters. The van der Waals surface area contributed by atoms with E-state index in [0.717, 1.165) is 19.3 Å². The van der Waals surface area contributed by atoms with Gasteiger partial charge in [0.25, 0.3) is 5.91 Å².